The highest BCUT2D eigenvalue weighted by molar-refractivity contribution is 5.85. The van der Waals surface area contributed by atoms with Crippen molar-refractivity contribution in [1.82, 2.24) is 10.6 Å². The van der Waals surface area contributed by atoms with Gasteiger partial charge in [0.25, 0.3) is 0 Å². The van der Waals surface area contributed by atoms with Crippen molar-refractivity contribution in [1.29, 1.82) is 0 Å². The minimum Gasteiger partial charge on any atom is -0.358 e. The van der Waals surface area contributed by atoms with Crippen molar-refractivity contribution in [2.75, 3.05) is 13.6 Å². The molecule has 0 saturated heterocycles. The van der Waals surface area contributed by atoms with Crippen molar-refractivity contribution in [3.63, 3.8) is 0 Å². The van der Waals surface area contributed by atoms with Crippen LogP contribution in [0.15, 0.2) is 0 Å². The van der Waals surface area contributed by atoms with Gasteiger partial charge >= 0.3 is 0 Å². The molecule has 0 aromatic heterocycles. The summed E-state index contributed by atoms with van der Waals surface area (Å²) in [5.74, 6) is 0.0595. The van der Waals surface area contributed by atoms with Crippen LogP contribution in [-0.2, 0) is 4.79 Å². The topological polar surface area (TPSA) is 41.1 Å². The summed E-state index contributed by atoms with van der Waals surface area (Å²) < 4.78 is 0. The van der Waals surface area contributed by atoms with Crippen molar-refractivity contribution in [3.05, 3.63) is 0 Å². The number of carbonyl (C=O) groups is 1. The number of hydrogen-bond acceptors (Lipinski definition) is 2. The first kappa shape index (κ1) is 13.4. The van der Waals surface area contributed by atoms with E-state index in [4.69, 9.17) is 0 Å². The molecule has 1 atom stereocenters. The van der Waals surface area contributed by atoms with Gasteiger partial charge in [-0.2, -0.15) is 0 Å². The standard InChI is InChI=1S/C11H24N2O/c1-7-11(5,9(14)12-6)13-8-10(2,3)4/h13H,7-8H2,1-6H3,(H,12,14). The third-order valence-corrected chi connectivity index (χ3v) is 2.44. The zero-order valence-corrected chi connectivity index (χ0v) is 10.3. The van der Waals surface area contributed by atoms with Crippen LogP contribution in [0, 0.1) is 5.41 Å². The lowest BCUT2D eigenvalue weighted by Crippen LogP contribution is -2.55. The quantitative estimate of drug-likeness (QED) is 0.722. The molecule has 3 nitrogen and oxygen atoms in total. The molecular weight excluding hydrogens is 176 g/mol. The van der Waals surface area contributed by atoms with E-state index in [2.05, 4.69) is 31.4 Å². The van der Waals surface area contributed by atoms with Gasteiger partial charge in [0.1, 0.15) is 0 Å². The molecule has 0 spiro atoms. The molecule has 0 aromatic rings. The number of carbonyl (C=O) groups excluding carboxylic acids is 1. The molecule has 84 valence electrons. The van der Waals surface area contributed by atoms with Crippen LogP contribution >= 0.6 is 0 Å². The first-order valence-corrected chi connectivity index (χ1v) is 5.22. The molecule has 0 aliphatic rings. The summed E-state index contributed by atoms with van der Waals surface area (Å²) in [6.45, 7) is 11.3. The first-order chi connectivity index (χ1) is 6.25. The van der Waals surface area contributed by atoms with E-state index < -0.39 is 5.54 Å². The van der Waals surface area contributed by atoms with Crippen LogP contribution in [-0.4, -0.2) is 25.0 Å². The summed E-state index contributed by atoms with van der Waals surface area (Å²) in [5.41, 5.74) is -0.244. The van der Waals surface area contributed by atoms with E-state index in [1.54, 1.807) is 7.05 Å². The highest BCUT2D eigenvalue weighted by Crippen LogP contribution is 2.15. The second kappa shape index (κ2) is 4.78. The Bertz CT molecular complexity index is 196. The Morgan fingerprint density at radius 2 is 1.71 bits per heavy atom. The summed E-state index contributed by atoms with van der Waals surface area (Å²) in [6.07, 6.45) is 0.794. The van der Waals surface area contributed by atoms with Crippen LogP contribution in [0.4, 0.5) is 0 Å². The molecule has 0 aliphatic carbocycles. The van der Waals surface area contributed by atoms with Crippen LogP contribution in [0.3, 0.4) is 0 Å². The van der Waals surface area contributed by atoms with Crippen molar-refractivity contribution < 1.29 is 4.79 Å². The maximum absolute atomic E-state index is 11.6. The normalized spacial score (nSPS) is 16.1. The molecule has 3 heteroatoms. The van der Waals surface area contributed by atoms with Crippen molar-refractivity contribution >= 4 is 5.91 Å². The Hall–Kier alpha value is -0.570. The largest absolute Gasteiger partial charge is 0.358 e. The minimum absolute atomic E-state index is 0.0595. The Kier molecular flexibility index (Phi) is 4.59. The monoisotopic (exact) mass is 200 g/mol. The molecule has 0 fully saturated rings. The van der Waals surface area contributed by atoms with E-state index in [0.29, 0.717) is 0 Å². The molecular formula is C11H24N2O. The van der Waals surface area contributed by atoms with Gasteiger partial charge in [-0.15, -0.1) is 0 Å². The molecule has 1 amide bonds. The summed E-state index contributed by atoms with van der Waals surface area (Å²) in [6, 6.07) is 0. The van der Waals surface area contributed by atoms with Crippen LogP contribution in [0.5, 0.6) is 0 Å². The summed E-state index contributed by atoms with van der Waals surface area (Å²) in [7, 11) is 1.68. The van der Waals surface area contributed by atoms with Gasteiger partial charge in [0.05, 0.1) is 5.54 Å². The molecule has 0 saturated carbocycles. The van der Waals surface area contributed by atoms with Gasteiger partial charge in [0, 0.05) is 13.6 Å². The summed E-state index contributed by atoms with van der Waals surface area (Å²) in [5, 5.41) is 6.02. The molecule has 0 rings (SSSR count). The van der Waals surface area contributed by atoms with Crippen molar-refractivity contribution in [2.45, 2.75) is 46.6 Å². The van der Waals surface area contributed by atoms with Gasteiger partial charge < -0.3 is 10.6 Å². The Balaban J connectivity index is 4.34. The predicted octanol–water partition coefficient (Wildman–Crippen LogP) is 1.54. The van der Waals surface area contributed by atoms with E-state index in [0.717, 1.165) is 13.0 Å². The van der Waals surface area contributed by atoms with Gasteiger partial charge in [-0.05, 0) is 18.8 Å². The van der Waals surface area contributed by atoms with E-state index in [9.17, 15) is 4.79 Å². The second-order valence-electron chi connectivity index (χ2n) is 5.18. The predicted molar refractivity (Wildman–Crippen MR) is 60.2 cm³/mol. The fourth-order valence-corrected chi connectivity index (χ4v) is 1.10. The average Bonchev–Trinajstić information content (AvgIpc) is 2.11. The minimum atomic E-state index is -0.442. The van der Waals surface area contributed by atoms with Crippen LogP contribution in [0.25, 0.3) is 0 Å². The fourth-order valence-electron chi connectivity index (χ4n) is 1.10. The van der Waals surface area contributed by atoms with Gasteiger partial charge in [-0.1, -0.05) is 27.7 Å². The third-order valence-electron chi connectivity index (χ3n) is 2.44. The van der Waals surface area contributed by atoms with E-state index in [1.807, 2.05) is 13.8 Å². The first-order valence-electron chi connectivity index (χ1n) is 5.22. The zero-order valence-electron chi connectivity index (χ0n) is 10.3. The van der Waals surface area contributed by atoms with Crippen LogP contribution < -0.4 is 10.6 Å². The van der Waals surface area contributed by atoms with Crippen LogP contribution in [0.1, 0.15) is 41.0 Å². The van der Waals surface area contributed by atoms with Gasteiger partial charge in [0.15, 0.2) is 0 Å². The molecule has 14 heavy (non-hydrogen) atoms. The summed E-state index contributed by atoms with van der Waals surface area (Å²) >= 11 is 0. The lowest BCUT2D eigenvalue weighted by molar-refractivity contribution is -0.126. The Morgan fingerprint density at radius 3 is 2.00 bits per heavy atom. The molecule has 0 radical (unpaired) electrons. The van der Waals surface area contributed by atoms with E-state index in [-0.39, 0.29) is 11.3 Å². The smallest absolute Gasteiger partial charge is 0.239 e. The molecule has 0 aliphatic heterocycles. The van der Waals surface area contributed by atoms with Crippen LogP contribution in [0.2, 0.25) is 0 Å². The lowest BCUT2D eigenvalue weighted by atomic mass is 9.92. The molecule has 2 N–H and O–H groups in total. The number of nitrogens with one attached hydrogen (secondary N) is 2. The number of amides is 1. The lowest BCUT2D eigenvalue weighted by Gasteiger charge is -2.31. The highest BCUT2D eigenvalue weighted by Gasteiger charge is 2.30. The molecule has 0 bridgehead atoms. The Morgan fingerprint density at radius 1 is 1.21 bits per heavy atom. The number of likely N-dealkylation sites (N-methyl/N-ethyl adjacent to an activating group) is 1. The van der Waals surface area contributed by atoms with Crippen molar-refractivity contribution in [2.24, 2.45) is 5.41 Å². The molecule has 0 aromatic carbocycles. The van der Waals surface area contributed by atoms with E-state index >= 15 is 0 Å². The highest BCUT2D eigenvalue weighted by atomic mass is 16.2. The third kappa shape index (κ3) is 4.09. The zero-order chi connectivity index (χ0) is 11.4. The van der Waals surface area contributed by atoms with Gasteiger partial charge in [-0.25, -0.2) is 0 Å². The maximum atomic E-state index is 11.6. The Labute approximate surface area is 87.6 Å². The summed E-state index contributed by atoms with van der Waals surface area (Å²) in [4.78, 5) is 11.6. The second-order valence-corrected chi connectivity index (χ2v) is 5.18. The van der Waals surface area contributed by atoms with Gasteiger partial charge in [-0.3, -0.25) is 4.79 Å². The van der Waals surface area contributed by atoms with Gasteiger partial charge in [0.2, 0.25) is 5.91 Å². The van der Waals surface area contributed by atoms with E-state index in [1.165, 1.54) is 0 Å². The SMILES string of the molecule is CCC(C)(NCC(C)(C)C)C(=O)NC. The molecule has 1 unspecified atom stereocenters. The number of rotatable bonds is 4. The maximum Gasteiger partial charge on any atom is 0.239 e. The number of hydrogen-bond donors (Lipinski definition) is 2. The fraction of sp³-hybridized carbons (Fsp3) is 0.909. The molecule has 0 heterocycles. The average molecular weight is 200 g/mol. The van der Waals surface area contributed by atoms with Crippen molar-refractivity contribution in [3.8, 4) is 0 Å².